The number of nitrogens with one attached hydrogen (secondary N) is 1. The van der Waals surface area contributed by atoms with Crippen LogP contribution in [0.3, 0.4) is 0 Å². The molecular weight excluding hydrogens is 222 g/mol. The average Bonchev–Trinajstić information content (AvgIpc) is 2.85. The van der Waals surface area contributed by atoms with Gasteiger partial charge in [-0.15, -0.1) is 0 Å². The Morgan fingerprint density at radius 3 is 2.44 bits per heavy atom. The van der Waals surface area contributed by atoms with Gasteiger partial charge in [-0.05, 0) is 36.6 Å². The maximum absolute atomic E-state index is 4.44. The Morgan fingerprint density at radius 1 is 1.17 bits per heavy atom. The lowest BCUT2D eigenvalue weighted by atomic mass is 10.0. The second-order valence-electron chi connectivity index (χ2n) is 4.79. The lowest BCUT2D eigenvalue weighted by Gasteiger charge is -2.08. The number of anilines is 1. The van der Waals surface area contributed by atoms with Crippen LogP contribution in [0.15, 0.2) is 36.5 Å². The molecule has 0 saturated heterocycles. The zero-order chi connectivity index (χ0) is 13.0. The third kappa shape index (κ3) is 3.13. The van der Waals surface area contributed by atoms with Gasteiger partial charge in [0.05, 0.1) is 12.2 Å². The van der Waals surface area contributed by atoms with Crippen molar-refractivity contribution in [3.05, 3.63) is 47.8 Å². The highest BCUT2D eigenvalue weighted by atomic mass is 15.3. The van der Waals surface area contributed by atoms with Crippen molar-refractivity contribution in [2.45, 2.75) is 39.8 Å². The largest absolute Gasteiger partial charge is 0.379 e. The van der Waals surface area contributed by atoms with E-state index in [2.05, 4.69) is 61.5 Å². The maximum Gasteiger partial charge on any atom is 0.0815 e. The normalized spacial score (nSPS) is 10.9. The third-order valence-corrected chi connectivity index (χ3v) is 3.07. The van der Waals surface area contributed by atoms with Gasteiger partial charge in [-0.2, -0.15) is 5.10 Å². The lowest BCUT2D eigenvalue weighted by Crippen LogP contribution is -2.02. The first-order chi connectivity index (χ1) is 8.69. The number of hydrogen-bond donors (Lipinski definition) is 1. The van der Waals surface area contributed by atoms with Crippen molar-refractivity contribution in [1.29, 1.82) is 0 Å². The topological polar surface area (TPSA) is 29.9 Å². The van der Waals surface area contributed by atoms with Gasteiger partial charge in [-0.25, -0.2) is 0 Å². The van der Waals surface area contributed by atoms with Gasteiger partial charge in [0, 0.05) is 18.4 Å². The van der Waals surface area contributed by atoms with Gasteiger partial charge in [0.25, 0.3) is 0 Å². The van der Waals surface area contributed by atoms with Crippen LogP contribution in [0, 0.1) is 0 Å². The molecule has 3 nitrogen and oxygen atoms in total. The Labute approximate surface area is 109 Å². The molecule has 0 atom stereocenters. The van der Waals surface area contributed by atoms with E-state index in [4.69, 9.17) is 0 Å². The number of nitrogens with zero attached hydrogens (tertiary/aromatic N) is 2. The van der Waals surface area contributed by atoms with Gasteiger partial charge < -0.3 is 5.32 Å². The van der Waals surface area contributed by atoms with Gasteiger partial charge in [0.15, 0.2) is 0 Å². The average molecular weight is 243 g/mol. The van der Waals surface area contributed by atoms with Gasteiger partial charge in [-0.3, -0.25) is 4.68 Å². The zero-order valence-corrected chi connectivity index (χ0v) is 11.4. The van der Waals surface area contributed by atoms with Crippen LogP contribution in [0.4, 0.5) is 5.69 Å². The summed E-state index contributed by atoms with van der Waals surface area (Å²) in [5.74, 6) is 0.583. The van der Waals surface area contributed by atoms with Crippen LogP contribution in [-0.4, -0.2) is 9.78 Å². The van der Waals surface area contributed by atoms with Gasteiger partial charge in [0.2, 0.25) is 0 Å². The highest BCUT2D eigenvalue weighted by Gasteiger charge is 2.00. The maximum atomic E-state index is 4.44. The molecule has 0 saturated carbocycles. The predicted octanol–water partition coefficient (Wildman–Crippen LogP) is 3.64. The molecule has 1 aromatic heterocycles. The molecule has 0 unspecified atom stereocenters. The second-order valence-corrected chi connectivity index (χ2v) is 4.79. The molecule has 3 heteroatoms. The van der Waals surface area contributed by atoms with Crippen molar-refractivity contribution < 1.29 is 0 Å². The minimum Gasteiger partial charge on any atom is -0.379 e. The van der Waals surface area contributed by atoms with Crippen molar-refractivity contribution in [3.8, 4) is 0 Å². The first kappa shape index (κ1) is 12.7. The fourth-order valence-electron chi connectivity index (χ4n) is 1.85. The summed E-state index contributed by atoms with van der Waals surface area (Å²) in [4.78, 5) is 0. The van der Waals surface area contributed by atoms with Crippen LogP contribution in [0.1, 0.15) is 37.9 Å². The van der Waals surface area contributed by atoms with E-state index in [0.717, 1.165) is 24.5 Å². The summed E-state index contributed by atoms with van der Waals surface area (Å²) >= 11 is 0. The SMILES string of the molecule is CCn1ccc(CNc2ccc(C(C)C)cc2)n1. The van der Waals surface area contributed by atoms with Crippen LogP contribution in [0.25, 0.3) is 0 Å². The summed E-state index contributed by atoms with van der Waals surface area (Å²) in [5, 5.41) is 7.83. The van der Waals surface area contributed by atoms with Crippen LogP contribution in [0.5, 0.6) is 0 Å². The molecule has 0 amide bonds. The van der Waals surface area contributed by atoms with Gasteiger partial charge in [0.1, 0.15) is 0 Å². The molecule has 1 N–H and O–H groups in total. The highest BCUT2D eigenvalue weighted by molar-refractivity contribution is 5.45. The van der Waals surface area contributed by atoms with Crippen LogP contribution in [0.2, 0.25) is 0 Å². The lowest BCUT2D eigenvalue weighted by molar-refractivity contribution is 0.649. The minimum atomic E-state index is 0.583. The molecule has 0 spiro atoms. The summed E-state index contributed by atoms with van der Waals surface area (Å²) in [6.07, 6.45) is 2.01. The molecule has 0 aliphatic heterocycles. The van der Waals surface area contributed by atoms with Crippen molar-refractivity contribution in [1.82, 2.24) is 9.78 Å². The molecule has 0 bridgehead atoms. The van der Waals surface area contributed by atoms with Crippen LogP contribution < -0.4 is 5.32 Å². The summed E-state index contributed by atoms with van der Waals surface area (Å²) in [6.45, 7) is 8.20. The van der Waals surface area contributed by atoms with Crippen LogP contribution >= 0.6 is 0 Å². The van der Waals surface area contributed by atoms with Crippen molar-refractivity contribution in [2.75, 3.05) is 5.32 Å². The molecule has 2 aromatic rings. The standard InChI is InChI=1S/C15H21N3/c1-4-18-10-9-15(17-18)11-16-14-7-5-13(6-8-14)12(2)3/h5-10,12,16H,4,11H2,1-3H3. The van der Waals surface area contributed by atoms with Crippen molar-refractivity contribution in [3.63, 3.8) is 0 Å². The molecule has 0 fully saturated rings. The van der Waals surface area contributed by atoms with E-state index >= 15 is 0 Å². The summed E-state index contributed by atoms with van der Waals surface area (Å²) in [6, 6.07) is 10.7. The van der Waals surface area contributed by atoms with Gasteiger partial charge >= 0.3 is 0 Å². The minimum absolute atomic E-state index is 0.583. The third-order valence-electron chi connectivity index (χ3n) is 3.07. The van der Waals surface area contributed by atoms with E-state index in [-0.39, 0.29) is 0 Å². The van der Waals surface area contributed by atoms with Crippen LogP contribution in [-0.2, 0) is 13.1 Å². The van der Waals surface area contributed by atoms with Crippen molar-refractivity contribution >= 4 is 5.69 Å². The van der Waals surface area contributed by atoms with E-state index in [9.17, 15) is 0 Å². The zero-order valence-electron chi connectivity index (χ0n) is 11.4. The van der Waals surface area contributed by atoms with Gasteiger partial charge in [-0.1, -0.05) is 26.0 Å². The quantitative estimate of drug-likeness (QED) is 0.869. The fraction of sp³-hybridized carbons (Fsp3) is 0.400. The Balaban J connectivity index is 1.93. The Morgan fingerprint density at radius 2 is 1.89 bits per heavy atom. The molecule has 2 rings (SSSR count). The second kappa shape index (κ2) is 5.71. The van der Waals surface area contributed by atoms with E-state index in [1.165, 1.54) is 5.56 Å². The smallest absolute Gasteiger partial charge is 0.0815 e. The van der Waals surface area contributed by atoms with E-state index in [0.29, 0.717) is 5.92 Å². The molecular formula is C15H21N3. The highest BCUT2D eigenvalue weighted by Crippen LogP contribution is 2.17. The predicted molar refractivity (Wildman–Crippen MR) is 75.8 cm³/mol. The number of aryl methyl sites for hydroxylation is 1. The molecule has 0 aliphatic carbocycles. The van der Waals surface area contributed by atoms with E-state index in [1.54, 1.807) is 0 Å². The number of aromatic nitrogens is 2. The Kier molecular flexibility index (Phi) is 4.03. The molecule has 96 valence electrons. The number of benzene rings is 1. The monoisotopic (exact) mass is 243 g/mol. The molecule has 0 radical (unpaired) electrons. The Hall–Kier alpha value is -1.77. The molecule has 1 heterocycles. The fourth-order valence-corrected chi connectivity index (χ4v) is 1.85. The summed E-state index contributed by atoms with van der Waals surface area (Å²) in [5.41, 5.74) is 3.59. The molecule has 1 aromatic carbocycles. The van der Waals surface area contributed by atoms with E-state index in [1.807, 2.05) is 10.9 Å². The summed E-state index contributed by atoms with van der Waals surface area (Å²) < 4.78 is 1.94. The number of hydrogen-bond acceptors (Lipinski definition) is 2. The summed E-state index contributed by atoms with van der Waals surface area (Å²) in [7, 11) is 0. The first-order valence-corrected chi connectivity index (χ1v) is 6.55. The molecule has 18 heavy (non-hydrogen) atoms. The van der Waals surface area contributed by atoms with Crippen molar-refractivity contribution in [2.24, 2.45) is 0 Å². The van der Waals surface area contributed by atoms with E-state index < -0.39 is 0 Å². The first-order valence-electron chi connectivity index (χ1n) is 6.55. The molecule has 0 aliphatic rings. The number of rotatable bonds is 5. The Bertz CT molecular complexity index is 483.